The van der Waals surface area contributed by atoms with Crippen molar-refractivity contribution in [3.05, 3.63) is 149 Å². The molecular formula is C83H127BBr2Cl4N13O20PdS-. The number of nitrogens with zero attached hydrogens (tertiary/aromatic N) is 12. The van der Waals surface area contributed by atoms with E-state index in [9.17, 15) is 32.7 Å². The summed E-state index contributed by atoms with van der Waals surface area (Å²) >= 11 is 29.7. The number of benzene rings is 3. The van der Waals surface area contributed by atoms with Crippen molar-refractivity contribution in [3.8, 4) is 28.6 Å². The normalized spacial score (nSPS) is 18.4. The third-order valence-electron chi connectivity index (χ3n) is 17.2. The Hall–Kier alpha value is -6.66. The molecule has 33 nitrogen and oxygen atoms in total. The Kier molecular flexibility index (Phi) is 54.3. The van der Waals surface area contributed by atoms with Crippen LogP contribution < -0.4 is 20.7 Å². The maximum atomic E-state index is 12.0. The summed E-state index contributed by atoms with van der Waals surface area (Å²) in [6, 6.07) is 22.3. The first-order valence-electron chi connectivity index (χ1n) is 39.5. The molecule has 4 aliphatic heterocycles. The van der Waals surface area contributed by atoms with Crippen molar-refractivity contribution in [2.45, 2.75) is 261 Å². The maximum absolute atomic E-state index is 12.0. The quantitative estimate of drug-likeness (QED) is 0.00925. The van der Waals surface area contributed by atoms with Gasteiger partial charge < -0.3 is 95.4 Å². The third kappa shape index (κ3) is 49.1. The average molecular weight is 2080 g/mol. The van der Waals surface area contributed by atoms with Crippen molar-refractivity contribution >= 4 is 125 Å². The molecule has 42 heteroatoms. The van der Waals surface area contributed by atoms with Gasteiger partial charge in [0, 0.05) is 133 Å². The molecule has 4 fully saturated rings. The van der Waals surface area contributed by atoms with E-state index < -0.39 is 39.6 Å². The summed E-state index contributed by atoms with van der Waals surface area (Å²) in [5, 5.41) is 44.4. The number of carbonyl (C=O) groups excluding carboxylic acids is 4. The van der Waals surface area contributed by atoms with Crippen LogP contribution in [0.15, 0.2) is 97.7 Å². The van der Waals surface area contributed by atoms with Gasteiger partial charge in [0.1, 0.15) is 72.4 Å². The summed E-state index contributed by atoms with van der Waals surface area (Å²) in [5.41, 5.74) is 15.4. The van der Waals surface area contributed by atoms with E-state index in [1.165, 1.54) is 6.33 Å². The van der Waals surface area contributed by atoms with Crippen LogP contribution in [0.3, 0.4) is 0 Å². The van der Waals surface area contributed by atoms with Gasteiger partial charge in [0.2, 0.25) is 0 Å². The van der Waals surface area contributed by atoms with Gasteiger partial charge in [0.15, 0.2) is 19.4 Å². The molecule has 0 bridgehead atoms. The van der Waals surface area contributed by atoms with Crippen molar-refractivity contribution in [1.82, 2.24) is 44.7 Å². The Morgan fingerprint density at radius 2 is 1.01 bits per heavy atom. The predicted octanol–water partition coefficient (Wildman–Crippen LogP) is 18.2. The van der Waals surface area contributed by atoms with Gasteiger partial charge in [-0.2, -0.15) is 8.42 Å². The van der Waals surface area contributed by atoms with E-state index in [0.717, 1.165) is 44.9 Å². The van der Waals surface area contributed by atoms with Gasteiger partial charge in [0.25, 0.3) is 10.1 Å². The number of halogens is 6. The number of azide groups is 1. The molecule has 0 unspecified atom stereocenters. The molecule has 10 rings (SSSR count). The van der Waals surface area contributed by atoms with Gasteiger partial charge in [-0.25, -0.2) is 39.1 Å². The molecule has 0 spiro atoms. The number of methoxy groups -OCH3 is 2. The van der Waals surface area contributed by atoms with Crippen LogP contribution in [0.2, 0.25) is 20.6 Å². The van der Waals surface area contributed by atoms with Gasteiger partial charge in [-0.05, 0) is 244 Å². The first kappa shape index (κ1) is 118. The zero-order chi connectivity index (χ0) is 93.7. The number of aromatic hydroxyl groups is 1. The fraction of sp³-hybridized carbons (Fsp3) is 0.590. The van der Waals surface area contributed by atoms with E-state index >= 15 is 0 Å². The number of phenols is 1. The molecule has 125 heavy (non-hydrogen) atoms. The first-order valence-corrected chi connectivity index (χ1v) is 44.4. The summed E-state index contributed by atoms with van der Waals surface area (Å²) in [7, 11) is -1.77. The fourth-order valence-corrected chi connectivity index (χ4v) is 13.5. The van der Waals surface area contributed by atoms with E-state index in [1.807, 2.05) is 159 Å². The molecule has 4 aliphatic rings. The number of phenolic OH excluding ortho intramolecular Hbond substituents is 1. The van der Waals surface area contributed by atoms with Crippen LogP contribution in [-0.4, -0.2) is 236 Å². The van der Waals surface area contributed by atoms with Crippen LogP contribution in [0.1, 0.15) is 185 Å². The molecule has 0 saturated carbocycles. The number of aryl methyl sites for hydroxylation is 2. The zero-order valence-corrected chi connectivity index (χ0v) is 84.4. The van der Waals surface area contributed by atoms with Crippen LogP contribution in [0.25, 0.3) is 21.8 Å². The molecule has 6 aromatic rings. The number of hydrogen-bond acceptors (Lipinski definition) is 27. The van der Waals surface area contributed by atoms with E-state index in [0.29, 0.717) is 125 Å². The van der Waals surface area contributed by atoms with E-state index in [4.69, 9.17) is 115 Å². The number of aliphatic hydroxyl groups excluding tert-OH is 1. The van der Waals surface area contributed by atoms with Crippen molar-refractivity contribution in [2.75, 3.05) is 60.2 Å². The van der Waals surface area contributed by atoms with Crippen molar-refractivity contribution < 1.29 is 115 Å². The summed E-state index contributed by atoms with van der Waals surface area (Å²) in [6.45, 7) is 39.6. The summed E-state index contributed by atoms with van der Waals surface area (Å²) in [4.78, 5) is 72.8. The monoisotopic (exact) mass is 2070 g/mol. The number of ether oxygens (including phenoxy) is 8. The second-order valence-corrected chi connectivity index (χ2v) is 37.8. The van der Waals surface area contributed by atoms with Crippen LogP contribution >= 0.6 is 78.3 Å². The fourth-order valence-electron chi connectivity index (χ4n) is 11.4. The molecule has 706 valence electrons. The molecule has 3 aromatic carbocycles. The number of hydrogen-bond donors (Lipinski definition) is 5. The summed E-state index contributed by atoms with van der Waals surface area (Å²) < 4.78 is 75.1. The second-order valence-electron chi connectivity index (χ2n) is 32.9. The molecule has 0 aliphatic carbocycles. The standard InChI is InChI=1S/C13H12Cl2N2O2.C12H23NO5S.C11H20N4O2.C11H22N2O2.C11H21NO3.C8H9BrO2.C6H5BrO.C5H8BNO3.C5H4Cl2N2.CH3.Pd/c1-8-11(14)16-13(17-12(8)15)9-4-3-5-10(6-9)19-7-18-2;1-9-8-10(18-19(5,15)16)6-7-13(9)11(14)17-12(2,3)4;1-8-7-9(13-14-12)5-6-15(8)10(16)17-11(2,3)4;1-8-7-9(12)5-6-13(8)10(14)15-11(2,3)4;1-8-7-9(13)5-6-12(8)10(14)15-11(2,3)4;1-10-6-11-8-4-2-3-7(9)5-8;7-5-2-1-3-6(8)4-5;1-3-5(6(8)9)4(2)10-7-3;1-3-4(6)8-2-9-5(3)7;;/h3-6H,7H2,1-2H3;9-10H,6-8H2,1-5H3;8-9H,5-7H2,1-4H3;8-9H,5-7,12H2,1-4H3;8-9,13H,5-7H2,1-4H3;2-5H,6H2,1H3;1-4,8H;8-9H,1-2H3;2H,1H3;1H3;/q;;;;;;;;;-1;/t;9-,10+;2*8-,9-;8-,9+;;;;;;/m.0000....../s1. The minimum absolute atomic E-state index is 0. The van der Waals surface area contributed by atoms with E-state index in [2.05, 4.69) is 71.5 Å². The van der Waals surface area contributed by atoms with Crippen LogP contribution in [0.5, 0.6) is 17.2 Å². The Labute approximate surface area is 788 Å². The molecule has 7 heterocycles. The van der Waals surface area contributed by atoms with Crippen LogP contribution in [0, 0.1) is 35.1 Å². The predicted molar refractivity (Wildman–Crippen MR) is 489 cm³/mol. The number of likely N-dealkylation sites (tertiary alicyclic amines) is 4. The van der Waals surface area contributed by atoms with Gasteiger partial charge in [-0.3, -0.25) is 4.18 Å². The number of piperidine rings is 4. The molecular weight excluding hydrogens is 1950 g/mol. The van der Waals surface area contributed by atoms with E-state index in [-0.39, 0.29) is 114 Å². The number of aliphatic hydroxyl groups is 1. The van der Waals surface area contributed by atoms with Crippen molar-refractivity contribution in [1.29, 1.82) is 0 Å². The Bertz CT molecular complexity index is 4290. The number of amides is 4. The van der Waals surface area contributed by atoms with Crippen molar-refractivity contribution in [3.63, 3.8) is 0 Å². The molecule has 4 amide bonds. The van der Waals surface area contributed by atoms with Gasteiger partial charge in [-0.15, -0.1) is 0 Å². The first-order chi connectivity index (χ1) is 57.0. The zero-order valence-electron chi connectivity index (χ0n) is 75.9. The van der Waals surface area contributed by atoms with Gasteiger partial charge >= 0.3 is 31.5 Å². The second kappa shape index (κ2) is 57.4. The van der Waals surface area contributed by atoms with Crippen LogP contribution in [-0.2, 0) is 63.1 Å². The van der Waals surface area contributed by atoms with Crippen molar-refractivity contribution in [2.24, 2.45) is 10.8 Å². The Balaban J connectivity index is 0.00000140. The van der Waals surface area contributed by atoms with Gasteiger partial charge in [0.05, 0.1) is 24.2 Å². The number of nitrogens with two attached hydrogens (primary N) is 1. The average Bonchev–Trinajstić information content (AvgIpc) is 1.31. The largest absolute Gasteiger partial charge is 0.508 e. The van der Waals surface area contributed by atoms with Gasteiger partial charge in [-0.1, -0.05) is 113 Å². The molecule has 8 atom stereocenters. The maximum Gasteiger partial charge on any atom is 0.494 e. The SMILES string of the molecule is COCOc1cccc(-c2nc(Cl)c(C)c(Cl)n2)c1.COCOc1cccc(Br)c1.C[C@H]1C[C@@H](N)CCN1C(=O)OC(C)(C)C.C[C@H]1C[C@@H](N=[N+]=[N-])CCN1C(=O)OC(C)(C)C.C[C@H]1C[C@H](O)CCN1C(=O)OC(C)(C)C.C[C@H]1C[C@H](OS(C)(=O)=O)CCN1C(=O)OC(C)(C)C.Cc1c(Cl)ncnc1Cl.Cc1noc(C)c1B(O)O.Oc1cccc(Br)c1.[CH3-].[Pd]. The Morgan fingerprint density at radius 3 is 1.36 bits per heavy atom. The molecule has 0 radical (unpaired) electrons. The van der Waals surface area contributed by atoms with Crippen LogP contribution in [0.4, 0.5) is 19.2 Å². The molecule has 4 saturated heterocycles. The summed E-state index contributed by atoms with van der Waals surface area (Å²) in [5.74, 6) is 2.67. The minimum atomic E-state index is -3.45. The molecule has 6 N–H and O–H groups in total. The Morgan fingerprint density at radius 1 is 0.608 bits per heavy atom. The minimum Gasteiger partial charge on any atom is -0.508 e. The number of aromatic nitrogens is 5. The smallest absolute Gasteiger partial charge is 0.494 e. The van der Waals surface area contributed by atoms with E-state index in [1.54, 1.807) is 85.8 Å². The third-order valence-corrected chi connectivity index (χ3v) is 20.3. The number of rotatable bonds is 11. The molecule has 3 aromatic heterocycles. The number of carbonyl (C=O) groups is 4. The topological polar surface area (TPSA) is 432 Å². The summed E-state index contributed by atoms with van der Waals surface area (Å²) in [6.07, 6.45) is 5.98.